The fourth-order valence-corrected chi connectivity index (χ4v) is 3.80. The van der Waals surface area contributed by atoms with Crippen LogP contribution in [0.25, 0.3) is 6.08 Å². The highest BCUT2D eigenvalue weighted by Gasteiger charge is 2.17. The van der Waals surface area contributed by atoms with Crippen LogP contribution in [0, 0.1) is 0 Å². The van der Waals surface area contributed by atoms with Gasteiger partial charge in [-0.15, -0.1) is 0 Å². The highest BCUT2D eigenvalue weighted by molar-refractivity contribution is 7.95. The summed E-state index contributed by atoms with van der Waals surface area (Å²) in [5, 5.41) is 1.06. The maximum absolute atomic E-state index is 12.5. The molecule has 3 aromatic carbocycles. The molecule has 34 heavy (non-hydrogen) atoms. The van der Waals surface area contributed by atoms with Crippen LogP contribution in [0.3, 0.4) is 0 Å². The third-order valence-corrected chi connectivity index (χ3v) is 5.68. The Balaban J connectivity index is 1.60. The van der Waals surface area contributed by atoms with Crippen LogP contribution in [-0.4, -0.2) is 41.0 Å². The molecular weight excluding hydrogens is 458 g/mol. The first-order valence-corrected chi connectivity index (χ1v) is 11.6. The average Bonchev–Trinajstić information content (AvgIpc) is 2.86. The summed E-state index contributed by atoms with van der Waals surface area (Å²) >= 11 is 0. The van der Waals surface area contributed by atoms with Gasteiger partial charge in [0.15, 0.2) is 6.61 Å². The fourth-order valence-electron chi connectivity index (χ4n) is 2.93. The number of benzene rings is 3. The second-order valence-corrected chi connectivity index (χ2v) is 8.57. The molecule has 0 atom stereocenters. The van der Waals surface area contributed by atoms with E-state index in [1.54, 1.807) is 36.4 Å². The Hall–Kier alpha value is -4.11. The van der Waals surface area contributed by atoms with Crippen molar-refractivity contribution in [3.05, 3.63) is 94.9 Å². The average molecular weight is 482 g/mol. The monoisotopic (exact) mass is 481 g/mol. The van der Waals surface area contributed by atoms with Gasteiger partial charge in [-0.3, -0.25) is 9.52 Å². The van der Waals surface area contributed by atoms with Crippen LogP contribution < -0.4 is 14.2 Å². The maximum atomic E-state index is 12.5. The van der Waals surface area contributed by atoms with Crippen molar-refractivity contribution < 1.29 is 32.2 Å². The van der Waals surface area contributed by atoms with Gasteiger partial charge >= 0.3 is 5.97 Å². The normalized spacial score (nSPS) is 11.1. The molecule has 0 aliphatic carbocycles. The van der Waals surface area contributed by atoms with Gasteiger partial charge in [0, 0.05) is 5.69 Å². The Morgan fingerprint density at radius 1 is 0.912 bits per heavy atom. The highest BCUT2D eigenvalue weighted by Crippen LogP contribution is 2.24. The molecule has 0 saturated carbocycles. The van der Waals surface area contributed by atoms with Crippen LogP contribution >= 0.6 is 0 Å². The minimum absolute atomic E-state index is 0.160. The fraction of sp³-hybridized carbons (Fsp3) is 0.120. The number of ether oxygens (including phenoxy) is 3. The molecule has 176 valence electrons. The van der Waals surface area contributed by atoms with E-state index in [2.05, 4.69) is 4.72 Å². The minimum Gasteiger partial charge on any atom is -0.497 e. The number of ketones is 1. The SMILES string of the molecule is COc1ccc(OC)c(C(=O)COC(=O)c2ccc(NS(=O)(=O)/C=C/c3ccccc3)cc2)c1. The van der Waals surface area contributed by atoms with E-state index >= 15 is 0 Å². The summed E-state index contributed by atoms with van der Waals surface area (Å²) in [4.78, 5) is 24.8. The summed E-state index contributed by atoms with van der Waals surface area (Å²) in [6.45, 7) is -0.499. The number of hydrogen-bond donors (Lipinski definition) is 1. The number of sulfonamides is 1. The zero-order valence-corrected chi connectivity index (χ0v) is 19.4. The number of hydrogen-bond acceptors (Lipinski definition) is 7. The number of methoxy groups -OCH3 is 2. The topological polar surface area (TPSA) is 108 Å². The standard InChI is InChI=1S/C25H23NO7S/c1-31-21-12-13-24(32-2)22(16-21)23(27)17-33-25(28)19-8-10-20(11-9-19)26-34(29,30)15-14-18-6-4-3-5-7-18/h3-16,26H,17H2,1-2H3/b15-14+. The van der Waals surface area contributed by atoms with Crippen molar-refractivity contribution in [2.45, 2.75) is 0 Å². The van der Waals surface area contributed by atoms with E-state index in [1.807, 2.05) is 6.07 Å². The first-order chi connectivity index (χ1) is 16.3. The van der Waals surface area contributed by atoms with Gasteiger partial charge in [-0.25, -0.2) is 13.2 Å². The number of rotatable bonds is 10. The van der Waals surface area contributed by atoms with Crippen molar-refractivity contribution in [2.75, 3.05) is 25.5 Å². The van der Waals surface area contributed by atoms with Crippen LogP contribution in [0.5, 0.6) is 11.5 Å². The summed E-state index contributed by atoms with van der Waals surface area (Å²) in [7, 11) is -0.844. The number of nitrogens with one attached hydrogen (secondary N) is 1. The molecule has 0 fully saturated rings. The van der Waals surface area contributed by atoms with Crippen LogP contribution in [0.4, 0.5) is 5.69 Å². The lowest BCUT2D eigenvalue weighted by molar-refractivity contribution is 0.0474. The molecule has 0 bridgehead atoms. The van der Waals surface area contributed by atoms with Gasteiger partial charge in [0.1, 0.15) is 11.5 Å². The largest absolute Gasteiger partial charge is 0.497 e. The number of Topliss-reactive ketones (excluding diaryl/α,β-unsaturated/α-hetero) is 1. The van der Waals surface area contributed by atoms with Crippen LogP contribution in [-0.2, 0) is 14.8 Å². The molecule has 8 nitrogen and oxygen atoms in total. The van der Waals surface area contributed by atoms with E-state index < -0.39 is 28.4 Å². The first-order valence-electron chi connectivity index (χ1n) is 10.1. The van der Waals surface area contributed by atoms with Gasteiger partial charge in [0.05, 0.1) is 30.8 Å². The number of carbonyl (C=O) groups is 2. The summed E-state index contributed by atoms with van der Waals surface area (Å²) in [6.07, 6.45) is 1.47. The van der Waals surface area contributed by atoms with Crippen molar-refractivity contribution in [2.24, 2.45) is 0 Å². The van der Waals surface area contributed by atoms with Gasteiger partial charge in [0.25, 0.3) is 10.0 Å². The zero-order chi connectivity index (χ0) is 24.6. The Labute approximate surface area is 197 Å². The second-order valence-electron chi connectivity index (χ2n) is 7.00. The van der Waals surface area contributed by atoms with Crippen LogP contribution in [0.15, 0.2) is 78.2 Å². The maximum Gasteiger partial charge on any atom is 0.338 e. The Kier molecular flexibility index (Phi) is 8.05. The lowest BCUT2D eigenvalue weighted by Gasteiger charge is -2.10. The molecule has 3 aromatic rings. The van der Waals surface area contributed by atoms with E-state index in [-0.39, 0.29) is 16.8 Å². The molecule has 0 saturated heterocycles. The Morgan fingerprint density at radius 3 is 2.26 bits per heavy atom. The predicted octanol–water partition coefficient (Wildman–Crippen LogP) is 4.16. The summed E-state index contributed by atoms with van der Waals surface area (Å²) < 4.78 is 42.3. The predicted molar refractivity (Wildman–Crippen MR) is 129 cm³/mol. The third kappa shape index (κ3) is 6.69. The molecule has 0 heterocycles. The molecule has 3 rings (SSSR count). The van der Waals surface area contributed by atoms with Crippen molar-refractivity contribution in [3.8, 4) is 11.5 Å². The molecule has 0 aliphatic rings. The van der Waals surface area contributed by atoms with Gasteiger partial charge in [-0.05, 0) is 54.1 Å². The first kappa shape index (κ1) is 24.5. The van der Waals surface area contributed by atoms with Crippen molar-refractivity contribution >= 4 is 33.5 Å². The van der Waals surface area contributed by atoms with E-state index in [9.17, 15) is 18.0 Å². The lowest BCUT2D eigenvalue weighted by Crippen LogP contribution is -2.15. The third-order valence-electron chi connectivity index (χ3n) is 4.66. The molecule has 9 heteroatoms. The second kappa shape index (κ2) is 11.2. The van der Waals surface area contributed by atoms with E-state index in [1.165, 1.54) is 50.6 Å². The van der Waals surface area contributed by atoms with E-state index in [0.717, 1.165) is 11.0 Å². The lowest BCUT2D eigenvalue weighted by atomic mass is 10.1. The quantitative estimate of drug-likeness (QED) is 0.342. The number of anilines is 1. The molecule has 0 aliphatic heterocycles. The minimum atomic E-state index is -3.74. The molecule has 0 radical (unpaired) electrons. The summed E-state index contributed by atoms with van der Waals surface area (Å²) in [6, 6.07) is 19.4. The number of carbonyl (C=O) groups excluding carboxylic acids is 2. The molecule has 0 spiro atoms. The van der Waals surface area contributed by atoms with Crippen molar-refractivity contribution in [3.63, 3.8) is 0 Å². The highest BCUT2D eigenvalue weighted by atomic mass is 32.2. The van der Waals surface area contributed by atoms with Gasteiger partial charge in [-0.2, -0.15) is 0 Å². The van der Waals surface area contributed by atoms with E-state index in [4.69, 9.17) is 14.2 Å². The van der Waals surface area contributed by atoms with Gasteiger partial charge in [0.2, 0.25) is 5.78 Å². The van der Waals surface area contributed by atoms with Crippen molar-refractivity contribution in [1.29, 1.82) is 0 Å². The number of esters is 1. The van der Waals surface area contributed by atoms with Crippen molar-refractivity contribution in [1.82, 2.24) is 0 Å². The molecule has 0 aromatic heterocycles. The van der Waals surface area contributed by atoms with Gasteiger partial charge < -0.3 is 14.2 Å². The molecule has 0 unspecified atom stereocenters. The Bertz CT molecular complexity index is 1280. The van der Waals surface area contributed by atoms with E-state index in [0.29, 0.717) is 11.5 Å². The summed E-state index contributed by atoms with van der Waals surface area (Å²) in [5.74, 6) is -0.390. The summed E-state index contributed by atoms with van der Waals surface area (Å²) in [5.41, 5.74) is 1.40. The molecular formula is C25H23NO7S. The van der Waals surface area contributed by atoms with Gasteiger partial charge in [-0.1, -0.05) is 30.3 Å². The molecule has 0 amide bonds. The molecule has 1 N–H and O–H groups in total. The smallest absolute Gasteiger partial charge is 0.338 e. The van der Waals surface area contributed by atoms with Crippen LogP contribution in [0.2, 0.25) is 0 Å². The zero-order valence-electron chi connectivity index (χ0n) is 18.6. The van der Waals surface area contributed by atoms with Crippen LogP contribution in [0.1, 0.15) is 26.3 Å². The Morgan fingerprint density at radius 2 is 1.62 bits per heavy atom.